The first kappa shape index (κ1) is 14.5. The smallest absolute Gasteiger partial charge is 0.247 e. The van der Waals surface area contributed by atoms with Crippen LogP contribution in [-0.4, -0.2) is 40.1 Å². The molecule has 4 unspecified atom stereocenters. The number of benzene rings is 1. The normalized spacial score (nSPS) is 34.8. The van der Waals surface area contributed by atoms with Crippen LogP contribution in [0.25, 0.3) is 0 Å². The fraction of sp³-hybridized carbons (Fsp3) is 0.529. The SMILES string of the molecule is CC(C)CC1NC(=O)C2CC3(O)c4ccccc4NC3N2C1=O. The molecule has 0 saturated carbocycles. The summed E-state index contributed by atoms with van der Waals surface area (Å²) in [6.45, 7) is 4.05. The van der Waals surface area contributed by atoms with Crippen molar-refractivity contribution < 1.29 is 14.7 Å². The Morgan fingerprint density at radius 1 is 1.30 bits per heavy atom. The average molecular weight is 315 g/mol. The third-order valence-corrected chi connectivity index (χ3v) is 5.14. The second-order valence-electron chi connectivity index (χ2n) is 7.17. The summed E-state index contributed by atoms with van der Waals surface area (Å²) in [6, 6.07) is 6.38. The number of para-hydroxylation sites is 1. The fourth-order valence-electron chi connectivity index (χ4n) is 4.14. The van der Waals surface area contributed by atoms with Gasteiger partial charge in [-0.1, -0.05) is 32.0 Å². The first-order valence-electron chi connectivity index (χ1n) is 8.13. The Morgan fingerprint density at radius 3 is 2.78 bits per heavy atom. The molecule has 23 heavy (non-hydrogen) atoms. The van der Waals surface area contributed by atoms with Crippen molar-refractivity contribution in [3.8, 4) is 0 Å². The van der Waals surface area contributed by atoms with Crippen molar-refractivity contribution in [2.24, 2.45) is 5.92 Å². The fourth-order valence-corrected chi connectivity index (χ4v) is 4.14. The van der Waals surface area contributed by atoms with Crippen LogP contribution in [0.3, 0.4) is 0 Å². The van der Waals surface area contributed by atoms with Gasteiger partial charge >= 0.3 is 0 Å². The number of amides is 2. The molecule has 4 rings (SSSR count). The minimum Gasteiger partial charge on any atom is -0.381 e. The second-order valence-corrected chi connectivity index (χ2v) is 7.17. The number of rotatable bonds is 2. The highest BCUT2D eigenvalue weighted by molar-refractivity contribution is 5.98. The van der Waals surface area contributed by atoms with Gasteiger partial charge in [-0.05, 0) is 18.4 Å². The molecule has 1 aromatic rings. The molecule has 122 valence electrons. The molecule has 3 aliphatic rings. The maximum absolute atomic E-state index is 12.9. The van der Waals surface area contributed by atoms with Gasteiger partial charge in [0.2, 0.25) is 11.8 Å². The van der Waals surface area contributed by atoms with Gasteiger partial charge in [-0.3, -0.25) is 9.59 Å². The minimum atomic E-state index is -1.21. The summed E-state index contributed by atoms with van der Waals surface area (Å²) in [6.07, 6.45) is 0.262. The van der Waals surface area contributed by atoms with Crippen LogP contribution >= 0.6 is 0 Å². The monoisotopic (exact) mass is 315 g/mol. The van der Waals surface area contributed by atoms with Gasteiger partial charge in [0.15, 0.2) is 0 Å². The van der Waals surface area contributed by atoms with Crippen LogP contribution in [0.2, 0.25) is 0 Å². The van der Waals surface area contributed by atoms with Gasteiger partial charge in [0.1, 0.15) is 23.9 Å². The van der Waals surface area contributed by atoms with E-state index in [1.54, 1.807) is 4.90 Å². The van der Waals surface area contributed by atoms with Crippen LogP contribution in [0.15, 0.2) is 24.3 Å². The molecule has 0 aliphatic carbocycles. The molecule has 2 saturated heterocycles. The van der Waals surface area contributed by atoms with Crippen LogP contribution in [-0.2, 0) is 15.2 Å². The number of piperazine rings is 1. The molecule has 3 N–H and O–H groups in total. The van der Waals surface area contributed by atoms with Crippen LogP contribution in [0, 0.1) is 5.92 Å². The lowest BCUT2D eigenvalue weighted by molar-refractivity contribution is -0.149. The Kier molecular flexibility index (Phi) is 2.97. The molecule has 6 nitrogen and oxygen atoms in total. The number of hydrogen-bond donors (Lipinski definition) is 3. The standard InChI is InChI=1S/C17H21N3O3/c1-9(2)7-12-15(22)20-13(14(21)18-12)8-17(23)10-5-3-4-6-11(10)19-16(17)20/h3-6,9,12-13,16,19,23H,7-8H2,1-2H3,(H,18,21). The summed E-state index contributed by atoms with van der Waals surface area (Å²) in [5.74, 6) is 0.0258. The third-order valence-electron chi connectivity index (χ3n) is 5.14. The van der Waals surface area contributed by atoms with Crippen LogP contribution < -0.4 is 10.6 Å². The van der Waals surface area contributed by atoms with E-state index in [9.17, 15) is 14.7 Å². The Morgan fingerprint density at radius 2 is 2.04 bits per heavy atom. The van der Waals surface area contributed by atoms with Crippen LogP contribution in [0.5, 0.6) is 0 Å². The minimum absolute atomic E-state index is 0.107. The largest absolute Gasteiger partial charge is 0.381 e. The number of nitrogens with one attached hydrogen (secondary N) is 2. The molecule has 6 heteroatoms. The van der Waals surface area contributed by atoms with E-state index in [0.717, 1.165) is 11.3 Å². The molecular formula is C17H21N3O3. The van der Waals surface area contributed by atoms with Gasteiger partial charge in [0.05, 0.1) is 0 Å². The van der Waals surface area contributed by atoms with E-state index in [-0.39, 0.29) is 18.2 Å². The van der Waals surface area contributed by atoms with Gasteiger partial charge in [0, 0.05) is 17.7 Å². The summed E-state index contributed by atoms with van der Waals surface area (Å²) in [5, 5.41) is 17.2. The summed E-state index contributed by atoms with van der Waals surface area (Å²) >= 11 is 0. The maximum atomic E-state index is 12.9. The number of carbonyl (C=O) groups is 2. The molecular weight excluding hydrogens is 294 g/mol. The number of hydrogen-bond acceptors (Lipinski definition) is 4. The highest BCUT2D eigenvalue weighted by Crippen LogP contribution is 2.50. The highest BCUT2D eigenvalue weighted by Gasteiger charge is 2.62. The molecule has 2 amide bonds. The van der Waals surface area contributed by atoms with Gasteiger partial charge in [-0.2, -0.15) is 0 Å². The zero-order valence-electron chi connectivity index (χ0n) is 13.2. The summed E-state index contributed by atoms with van der Waals surface area (Å²) in [5.41, 5.74) is 0.388. The van der Waals surface area contributed by atoms with Crippen molar-refractivity contribution in [3.63, 3.8) is 0 Å². The predicted molar refractivity (Wildman–Crippen MR) is 84.4 cm³/mol. The molecule has 3 heterocycles. The van der Waals surface area contributed by atoms with Gasteiger partial charge in [0.25, 0.3) is 0 Å². The van der Waals surface area contributed by atoms with E-state index in [4.69, 9.17) is 0 Å². The first-order chi connectivity index (χ1) is 10.9. The average Bonchev–Trinajstić information content (AvgIpc) is 2.94. The van der Waals surface area contributed by atoms with Crippen LogP contribution in [0.4, 0.5) is 5.69 Å². The van der Waals surface area contributed by atoms with Crippen molar-refractivity contribution in [2.45, 2.75) is 50.5 Å². The van der Waals surface area contributed by atoms with Crippen molar-refractivity contribution in [1.82, 2.24) is 10.2 Å². The van der Waals surface area contributed by atoms with Crippen LogP contribution in [0.1, 0.15) is 32.3 Å². The quantitative estimate of drug-likeness (QED) is 0.753. The summed E-state index contributed by atoms with van der Waals surface area (Å²) in [4.78, 5) is 26.9. The number of fused-ring (bicyclic) bond motifs is 5. The number of carbonyl (C=O) groups excluding carboxylic acids is 2. The van der Waals surface area contributed by atoms with E-state index >= 15 is 0 Å². The van der Waals surface area contributed by atoms with Gasteiger partial charge in [-0.25, -0.2) is 0 Å². The van der Waals surface area contributed by atoms with Gasteiger partial charge in [-0.15, -0.1) is 0 Å². The Balaban J connectivity index is 1.71. The Hall–Kier alpha value is -2.08. The second kappa shape index (κ2) is 4.71. The van der Waals surface area contributed by atoms with Crippen molar-refractivity contribution >= 4 is 17.5 Å². The molecule has 3 aliphatic heterocycles. The lowest BCUT2D eigenvalue weighted by Gasteiger charge is -2.38. The number of aliphatic hydroxyl groups is 1. The van der Waals surface area contributed by atoms with Crippen molar-refractivity contribution in [3.05, 3.63) is 29.8 Å². The maximum Gasteiger partial charge on any atom is 0.247 e. The Labute approximate surface area is 134 Å². The molecule has 0 spiro atoms. The van der Waals surface area contributed by atoms with E-state index in [1.165, 1.54) is 0 Å². The molecule has 0 radical (unpaired) electrons. The molecule has 4 atom stereocenters. The van der Waals surface area contributed by atoms with E-state index < -0.39 is 23.9 Å². The lowest BCUT2D eigenvalue weighted by atomic mass is 9.91. The van der Waals surface area contributed by atoms with Crippen molar-refractivity contribution in [2.75, 3.05) is 5.32 Å². The summed E-state index contributed by atoms with van der Waals surface area (Å²) < 4.78 is 0. The molecule has 0 aromatic heterocycles. The van der Waals surface area contributed by atoms with E-state index in [0.29, 0.717) is 12.3 Å². The molecule has 2 fully saturated rings. The van der Waals surface area contributed by atoms with E-state index in [1.807, 2.05) is 38.1 Å². The lowest BCUT2D eigenvalue weighted by Crippen LogP contribution is -2.64. The molecule has 0 bridgehead atoms. The zero-order chi connectivity index (χ0) is 16.4. The zero-order valence-corrected chi connectivity index (χ0v) is 13.2. The van der Waals surface area contributed by atoms with Gasteiger partial charge < -0.3 is 20.6 Å². The van der Waals surface area contributed by atoms with E-state index in [2.05, 4.69) is 10.6 Å². The highest BCUT2D eigenvalue weighted by atomic mass is 16.3. The first-order valence-corrected chi connectivity index (χ1v) is 8.13. The third kappa shape index (κ3) is 1.91. The number of anilines is 1. The topological polar surface area (TPSA) is 81.7 Å². The van der Waals surface area contributed by atoms with Crippen molar-refractivity contribution in [1.29, 1.82) is 0 Å². The predicted octanol–water partition coefficient (Wildman–Crippen LogP) is 0.771. The number of nitrogens with zero attached hydrogens (tertiary/aromatic N) is 1. The molecule has 1 aromatic carbocycles. The summed E-state index contributed by atoms with van der Waals surface area (Å²) in [7, 11) is 0. The Bertz CT molecular complexity index is 689.